The van der Waals surface area contributed by atoms with Gasteiger partial charge in [-0.3, -0.25) is 19.6 Å². The fourth-order valence-electron chi connectivity index (χ4n) is 3.45. The van der Waals surface area contributed by atoms with Crippen molar-refractivity contribution in [2.45, 2.75) is 19.9 Å². The molecule has 0 aromatic carbocycles. The van der Waals surface area contributed by atoms with Crippen LogP contribution in [-0.2, 0) is 9.59 Å². The summed E-state index contributed by atoms with van der Waals surface area (Å²) in [6.07, 6.45) is 6.32. The van der Waals surface area contributed by atoms with E-state index >= 15 is 0 Å². The van der Waals surface area contributed by atoms with Crippen LogP contribution in [0.1, 0.15) is 31.0 Å². The van der Waals surface area contributed by atoms with Crippen LogP contribution in [0.5, 0.6) is 0 Å². The van der Waals surface area contributed by atoms with Crippen molar-refractivity contribution < 1.29 is 14.7 Å². The Morgan fingerprint density at radius 1 is 1.11 bits per heavy atom. The molecule has 2 aromatic heterocycles. The molecule has 0 aliphatic carbocycles. The van der Waals surface area contributed by atoms with Crippen LogP contribution in [0.3, 0.4) is 0 Å². The second-order valence-corrected chi connectivity index (χ2v) is 6.54. The third kappa shape index (κ3) is 3.80. The monoisotopic (exact) mass is 380 g/mol. The van der Waals surface area contributed by atoms with Crippen molar-refractivity contribution in [3.05, 3.63) is 65.8 Å². The molecule has 3 rings (SSSR count). The summed E-state index contributed by atoms with van der Waals surface area (Å²) in [7, 11) is 0. The maximum atomic E-state index is 12.8. The van der Waals surface area contributed by atoms with Crippen molar-refractivity contribution in [1.29, 1.82) is 0 Å². The van der Waals surface area contributed by atoms with Gasteiger partial charge < -0.3 is 14.9 Å². The van der Waals surface area contributed by atoms with Crippen LogP contribution in [0.25, 0.3) is 5.76 Å². The smallest absolute Gasteiger partial charge is 0.295 e. The SMILES string of the molecule is CCN(CC)CCN1C(=O)C(=O)/C(=C(\O)c2ccncc2)C1c1cccnc1. The van der Waals surface area contributed by atoms with Gasteiger partial charge in [0.05, 0.1) is 11.6 Å². The summed E-state index contributed by atoms with van der Waals surface area (Å²) in [5.41, 5.74) is 1.23. The zero-order valence-corrected chi connectivity index (χ0v) is 16.1. The minimum Gasteiger partial charge on any atom is -0.507 e. The fraction of sp³-hybridized carbons (Fsp3) is 0.333. The van der Waals surface area contributed by atoms with Gasteiger partial charge in [0, 0.05) is 43.4 Å². The number of rotatable bonds is 7. The van der Waals surface area contributed by atoms with Gasteiger partial charge in [0.25, 0.3) is 11.7 Å². The van der Waals surface area contributed by atoms with Crippen LogP contribution in [-0.4, -0.2) is 62.7 Å². The molecule has 1 atom stereocenters. The van der Waals surface area contributed by atoms with E-state index in [0.717, 1.165) is 13.1 Å². The van der Waals surface area contributed by atoms with Crippen molar-refractivity contribution in [2.24, 2.45) is 0 Å². The lowest BCUT2D eigenvalue weighted by molar-refractivity contribution is -0.140. The third-order valence-electron chi connectivity index (χ3n) is 5.05. The fourth-order valence-corrected chi connectivity index (χ4v) is 3.45. The number of Topliss-reactive ketones (excluding diaryl/α,β-unsaturated/α-hetero) is 1. The predicted molar refractivity (Wildman–Crippen MR) is 105 cm³/mol. The van der Waals surface area contributed by atoms with E-state index in [9.17, 15) is 14.7 Å². The Morgan fingerprint density at radius 3 is 2.43 bits per heavy atom. The Balaban J connectivity index is 2.06. The topological polar surface area (TPSA) is 86.6 Å². The number of carbonyl (C=O) groups excluding carboxylic acids is 2. The van der Waals surface area contributed by atoms with Crippen LogP contribution in [0.15, 0.2) is 54.6 Å². The minimum atomic E-state index is -0.678. The highest BCUT2D eigenvalue weighted by molar-refractivity contribution is 6.46. The lowest BCUT2D eigenvalue weighted by atomic mass is 9.96. The zero-order valence-electron chi connectivity index (χ0n) is 16.1. The van der Waals surface area contributed by atoms with Gasteiger partial charge in [-0.15, -0.1) is 0 Å². The van der Waals surface area contributed by atoms with E-state index in [1.165, 1.54) is 17.3 Å². The maximum absolute atomic E-state index is 12.8. The Labute approximate surface area is 164 Å². The van der Waals surface area contributed by atoms with Gasteiger partial charge in [-0.25, -0.2) is 0 Å². The lowest BCUT2D eigenvalue weighted by Crippen LogP contribution is -2.38. The summed E-state index contributed by atoms with van der Waals surface area (Å²) < 4.78 is 0. The number of amides is 1. The van der Waals surface area contributed by atoms with Crippen LogP contribution in [0.4, 0.5) is 0 Å². The second-order valence-electron chi connectivity index (χ2n) is 6.54. The zero-order chi connectivity index (χ0) is 20.1. The van der Waals surface area contributed by atoms with Gasteiger partial charge in [0.2, 0.25) is 0 Å². The molecule has 146 valence electrons. The molecule has 0 saturated carbocycles. The first-order valence-electron chi connectivity index (χ1n) is 9.39. The van der Waals surface area contributed by atoms with E-state index in [0.29, 0.717) is 24.2 Å². The summed E-state index contributed by atoms with van der Waals surface area (Å²) >= 11 is 0. The number of nitrogens with zero attached hydrogens (tertiary/aromatic N) is 4. The van der Waals surface area contributed by atoms with Gasteiger partial charge in [-0.1, -0.05) is 19.9 Å². The minimum absolute atomic E-state index is 0.0868. The standard InChI is InChI=1S/C21H24N4O3/c1-3-24(4-2)12-13-25-18(16-6-5-9-23-14-16)17(20(27)21(25)28)19(26)15-7-10-22-11-8-15/h5-11,14,18,26H,3-4,12-13H2,1-2H3/b19-17-. The Morgan fingerprint density at radius 2 is 1.82 bits per heavy atom. The molecule has 1 amide bonds. The van der Waals surface area contributed by atoms with Gasteiger partial charge in [-0.2, -0.15) is 0 Å². The van der Waals surface area contributed by atoms with Gasteiger partial charge >= 0.3 is 0 Å². The first-order chi connectivity index (χ1) is 13.6. The number of aliphatic hydroxyl groups excluding tert-OH is 1. The molecule has 0 bridgehead atoms. The normalized spacial score (nSPS) is 18.8. The number of likely N-dealkylation sites (N-methyl/N-ethyl adjacent to an activating group) is 1. The first kappa shape index (κ1) is 19.7. The number of aliphatic hydroxyl groups is 1. The van der Waals surface area contributed by atoms with E-state index in [4.69, 9.17) is 0 Å². The molecule has 3 heterocycles. The second kappa shape index (κ2) is 8.75. The molecule has 1 fully saturated rings. The Kier molecular flexibility index (Phi) is 6.16. The van der Waals surface area contributed by atoms with Crippen molar-refractivity contribution in [1.82, 2.24) is 19.8 Å². The quantitative estimate of drug-likeness (QED) is 0.450. The third-order valence-corrected chi connectivity index (χ3v) is 5.05. The van der Waals surface area contributed by atoms with Gasteiger partial charge in [0.1, 0.15) is 5.76 Å². The molecule has 2 aromatic rings. The highest BCUT2D eigenvalue weighted by Gasteiger charge is 2.46. The molecule has 1 aliphatic heterocycles. The van der Waals surface area contributed by atoms with Crippen molar-refractivity contribution >= 4 is 17.4 Å². The largest absolute Gasteiger partial charge is 0.507 e. The van der Waals surface area contributed by atoms with Crippen LogP contribution >= 0.6 is 0 Å². The molecule has 1 aliphatic rings. The van der Waals surface area contributed by atoms with E-state index in [2.05, 4.69) is 28.7 Å². The number of aromatic nitrogens is 2. The van der Waals surface area contributed by atoms with Gasteiger partial charge in [-0.05, 0) is 36.9 Å². The molecule has 1 unspecified atom stereocenters. The Hall–Kier alpha value is -3.06. The number of pyridine rings is 2. The van der Waals surface area contributed by atoms with Crippen LogP contribution in [0.2, 0.25) is 0 Å². The molecule has 7 nitrogen and oxygen atoms in total. The summed E-state index contributed by atoms with van der Waals surface area (Å²) in [5.74, 6) is -1.47. The molecule has 28 heavy (non-hydrogen) atoms. The number of carbonyl (C=O) groups is 2. The van der Waals surface area contributed by atoms with Crippen molar-refractivity contribution in [2.75, 3.05) is 26.2 Å². The highest BCUT2D eigenvalue weighted by atomic mass is 16.3. The van der Waals surface area contributed by atoms with E-state index in [-0.39, 0.29) is 11.3 Å². The van der Waals surface area contributed by atoms with E-state index in [1.54, 1.807) is 30.6 Å². The van der Waals surface area contributed by atoms with Crippen molar-refractivity contribution in [3.63, 3.8) is 0 Å². The molecule has 0 spiro atoms. The summed E-state index contributed by atoms with van der Waals surface area (Å²) in [4.78, 5) is 37.4. The molecular formula is C21H24N4O3. The first-order valence-corrected chi connectivity index (χ1v) is 9.39. The molecule has 0 radical (unpaired) electrons. The number of likely N-dealkylation sites (tertiary alicyclic amines) is 1. The predicted octanol–water partition coefficient (Wildman–Crippen LogP) is 2.24. The van der Waals surface area contributed by atoms with Gasteiger partial charge in [0.15, 0.2) is 0 Å². The summed E-state index contributed by atoms with van der Waals surface area (Å²) in [5, 5.41) is 10.8. The summed E-state index contributed by atoms with van der Waals surface area (Å²) in [6, 6.07) is 6.12. The van der Waals surface area contributed by atoms with Crippen molar-refractivity contribution in [3.8, 4) is 0 Å². The number of hydrogen-bond acceptors (Lipinski definition) is 6. The molecule has 1 N–H and O–H groups in total. The van der Waals surface area contributed by atoms with E-state index < -0.39 is 17.7 Å². The van der Waals surface area contributed by atoms with Crippen LogP contribution in [0, 0.1) is 0 Å². The van der Waals surface area contributed by atoms with Crippen LogP contribution < -0.4 is 0 Å². The maximum Gasteiger partial charge on any atom is 0.295 e. The Bertz CT molecular complexity index is 864. The molecular weight excluding hydrogens is 356 g/mol. The molecule has 7 heteroatoms. The number of hydrogen-bond donors (Lipinski definition) is 1. The molecule has 1 saturated heterocycles. The highest BCUT2D eigenvalue weighted by Crippen LogP contribution is 2.38. The number of ketones is 1. The average Bonchev–Trinajstić information content (AvgIpc) is 3.00. The average molecular weight is 380 g/mol. The van der Waals surface area contributed by atoms with E-state index in [1.807, 2.05) is 6.07 Å². The summed E-state index contributed by atoms with van der Waals surface area (Å²) in [6.45, 7) is 6.86. The lowest BCUT2D eigenvalue weighted by Gasteiger charge is -2.28.